The Balaban J connectivity index is 2.13. The first-order valence-electron chi connectivity index (χ1n) is 6.07. The third-order valence-corrected chi connectivity index (χ3v) is 2.82. The average molecular weight is 266 g/mol. The van der Waals surface area contributed by atoms with Crippen LogP contribution in [0.5, 0.6) is 0 Å². The molecule has 2 aromatic carbocycles. The normalized spacial score (nSPS) is 9.60. The quantitative estimate of drug-likeness (QED) is 0.585. The summed E-state index contributed by atoms with van der Waals surface area (Å²) >= 11 is 0. The first-order valence-corrected chi connectivity index (χ1v) is 6.07. The number of hydrogen-bond acceptors (Lipinski definition) is 4. The summed E-state index contributed by atoms with van der Waals surface area (Å²) in [6.07, 6.45) is 0.355. The van der Waals surface area contributed by atoms with Crippen LogP contribution in [0.25, 0.3) is 0 Å². The fraction of sp³-hybridized carbons (Fsp3) is 0.0667. The van der Waals surface area contributed by atoms with Crippen molar-refractivity contribution in [2.24, 2.45) is 5.84 Å². The van der Waals surface area contributed by atoms with Gasteiger partial charge in [0.2, 0.25) is 0 Å². The minimum absolute atomic E-state index is 0.244. The van der Waals surface area contributed by atoms with Crippen LogP contribution in [0.15, 0.2) is 48.5 Å². The van der Waals surface area contributed by atoms with E-state index in [9.17, 15) is 4.79 Å². The molecule has 0 aromatic heterocycles. The van der Waals surface area contributed by atoms with Crippen LogP contribution < -0.4 is 16.6 Å². The van der Waals surface area contributed by atoms with Gasteiger partial charge in [-0.05, 0) is 29.8 Å². The van der Waals surface area contributed by atoms with Crippen molar-refractivity contribution < 1.29 is 4.79 Å². The van der Waals surface area contributed by atoms with Crippen LogP contribution in [-0.2, 0) is 6.42 Å². The molecule has 0 spiro atoms. The second-order valence-corrected chi connectivity index (χ2v) is 4.18. The van der Waals surface area contributed by atoms with Gasteiger partial charge in [0.15, 0.2) is 0 Å². The molecule has 0 heterocycles. The Hall–Kier alpha value is -2.84. The third-order valence-electron chi connectivity index (χ3n) is 2.82. The van der Waals surface area contributed by atoms with Gasteiger partial charge in [0.05, 0.1) is 23.7 Å². The minimum Gasteiger partial charge on any atom is -0.323 e. The van der Waals surface area contributed by atoms with Gasteiger partial charge in [-0.2, -0.15) is 5.26 Å². The molecule has 2 rings (SSSR count). The van der Waals surface area contributed by atoms with Crippen molar-refractivity contribution in [2.45, 2.75) is 6.42 Å². The number of hydrogen-bond donors (Lipinski definition) is 3. The SMILES string of the molecule is N#CCc1ccc(NC(=O)c2ccccc2NN)cc1. The van der Waals surface area contributed by atoms with Gasteiger partial charge in [-0.15, -0.1) is 0 Å². The molecule has 20 heavy (non-hydrogen) atoms. The molecule has 0 fully saturated rings. The minimum atomic E-state index is -0.244. The number of nitrogens with one attached hydrogen (secondary N) is 2. The highest BCUT2D eigenvalue weighted by atomic mass is 16.1. The van der Waals surface area contributed by atoms with E-state index in [2.05, 4.69) is 16.8 Å². The Kier molecular flexibility index (Phi) is 4.32. The fourth-order valence-corrected chi connectivity index (χ4v) is 1.80. The molecular formula is C15H14N4O. The molecule has 0 aliphatic rings. The Morgan fingerprint density at radius 1 is 1.15 bits per heavy atom. The maximum absolute atomic E-state index is 12.1. The van der Waals surface area contributed by atoms with E-state index in [0.29, 0.717) is 23.4 Å². The molecule has 2 aromatic rings. The summed E-state index contributed by atoms with van der Waals surface area (Å²) in [5, 5.41) is 11.4. The lowest BCUT2D eigenvalue weighted by Crippen LogP contribution is -2.17. The molecule has 0 saturated heterocycles. The molecule has 5 heteroatoms. The Morgan fingerprint density at radius 2 is 1.85 bits per heavy atom. The summed E-state index contributed by atoms with van der Waals surface area (Å²) in [6.45, 7) is 0. The van der Waals surface area contributed by atoms with Crippen molar-refractivity contribution in [3.8, 4) is 6.07 Å². The lowest BCUT2D eigenvalue weighted by atomic mass is 10.1. The molecule has 5 nitrogen and oxygen atoms in total. The van der Waals surface area contributed by atoms with Crippen molar-refractivity contribution in [1.29, 1.82) is 5.26 Å². The number of carbonyl (C=O) groups is 1. The first-order chi connectivity index (χ1) is 9.74. The second kappa shape index (κ2) is 6.36. The number of nitrogens with two attached hydrogens (primary N) is 1. The molecule has 4 N–H and O–H groups in total. The topological polar surface area (TPSA) is 90.9 Å². The van der Waals surface area contributed by atoms with Crippen LogP contribution in [0, 0.1) is 11.3 Å². The van der Waals surface area contributed by atoms with Crippen molar-refractivity contribution in [1.82, 2.24) is 0 Å². The summed E-state index contributed by atoms with van der Waals surface area (Å²) < 4.78 is 0. The smallest absolute Gasteiger partial charge is 0.257 e. The predicted molar refractivity (Wildman–Crippen MR) is 78.0 cm³/mol. The summed E-state index contributed by atoms with van der Waals surface area (Å²) in [4.78, 5) is 12.1. The third kappa shape index (κ3) is 3.13. The van der Waals surface area contributed by atoms with E-state index in [0.717, 1.165) is 5.56 Å². The number of hydrazine groups is 1. The predicted octanol–water partition coefficient (Wildman–Crippen LogP) is 2.29. The average Bonchev–Trinajstić information content (AvgIpc) is 2.49. The van der Waals surface area contributed by atoms with Gasteiger partial charge in [-0.3, -0.25) is 10.6 Å². The standard InChI is InChI=1S/C15H14N4O/c16-10-9-11-5-7-12(8-6-11)18-15(20)13-3-1-2-4-14(13)19-17/h1-8,19H,9,17H2,(H,18,20). The highest BCUT2D eigenvalue weighted by molar-refractivity contribution is 6.07. The van der Waals surface area contributed by atoms with E-state index in [1.807, 2.05) is 12.1 Å². The van der Waals surface area contributed by atoms with E-state index < -0.39 is 0 Å². The number of nitrogen functional groups attached to an aromatic ring is 1. The molecule has 0 atom stereocenters. The van der Waals surface area contributed by atoms with Crippen molar-refractivity contribution in [2.75, 3.05) is 10.7 Å². The zero-order valence-electron chi connectivity index (χ0n) is 10.8. The van der Waals surface area contributed by atoms with Gasteiger partial charge in [0.1, 0.15) is 0 Å². The highest BCUT2D eigenvalue weighted by Crippen LogP contribution is 2.16. The largest absolute Gasteiger partial charge is 0.323 e. The number of carbonyl (C=O) groups excluding carboxylic acids is 1. The first kappa shape index (κ1) is 13.6. The molecule has 1 amide bonds. The number of anilines is 2. The van der Waals surface area contributed by atoms with Crippen LogP contribution in [-0.4, -0.2) is 5.91 Å². The maximum Gasteiger partial charge on any atom is 0.257 e. The van der Waals surface area contributed by atoms with E-state index in [1.165, 1.54) is 0 Å². The van der Waals surface area contributed by atoms with Crippen LogP contribution in [0.4, 0.5) is 11.4 Å². The second-order valence-electron chi connectivity index (χ2n) is 4.18. The molecule has 0 saturated carbocycles. The Bertz CT molecular complexity index is 644. The van der Waals surface area contributed by atoms with Gasteiger partial charge >= 0.3 is 0 Å². The van der Waals surface area contributed by atoms with Crippen LogP contribution >= 0.6 is 0 Å². The zero-order valence-corrected chi connectivity index (χ0v) is 10.8. The molecule has 0 aliphatic heterocycles. The van der Waals surface area contributed by atoms with E-state index in [4.69, 9.17) is 11.1 Å². The van der Waals surface area contributed by atoms with Crippen molar-refractivity contribution in [3.63, 3.8) is 0 Å². The molecule has 0 aliphatic carbocycles. The number of benzene rings is 2. The fourth-order valence-electron chi connectivity index (χ4n) is 1.80. The maximum atomic E-state index is 12.1. The molecule has 0 unspecified atom stereocenters. The van der Waals surface area contributed by atoms with Crippen LogP contribution in [0.2, 0.25) is 0 Å². The van der Waals surface area contributed by atoms with Crippen LogP contribution in [0.3, 0.4) is 0 Å². The molecule has 0 bridgehead atoms. The highest BCUT2D eigenvalue weighted by Gasteiger charge is 2.10. The lowest BCUT2D eigenvalue weighted by Gasteiger charge is -2.09. The van der Waals surface area contributed by atoms with Crippen molar-refractivity contribution in [3.05, 3.63) is 59.7 Å². The number of rotatable bonds is 4. The summed E-state index contributed by atoms with van der Waals surface area (Å²) in [6, 6.07) is 16.2. The Morgan fingerprint density at radius 3 is 2.50 bits per heavy atom. The van der Waals surface area contributed by atoms with E-state index in [-0.39, 0.29) is 5.91 Å². The number of amides is 1. The lowest BCUT2D eigenvalue weighted by molar-refractivity contribution is 0.102. The number of para-hydroxylation sites is 1. The zero-order chi connectivity index (χ0) is 14.4. The van der Waals surface area contributed by atoms with E-state index >= 15 is 0 Å². The van der Waals surface area contributed by atoms with Crippen molar-refractivity contribution >= 4 is 17.3 Å². The molecular weight excluding hydrogens is 252 g/mol. The summed E-state index contributed by atoms with van der Waals surface area (Å²) in [5.74, 6) is 5.13. The number of nitrogens with zero attached hydrogens (tertiary/aromatic N) is 1. The van der Waals surface area contributed by atoms with Gasteiger partial charge in [0, 0.05) is 5.69 Å². The summed E-state index contributed by atoms with van der Waals surface area (Å²) in [7, 11) is 0. The monoisotopic (exact) mass is 266 g/mol. The summed E-state index contributed by atoms with van der Waals surface area (Å²) in [5.41, 5.74) is 5.10. The van der Waals surface area contributed by atoms with Gasteiger partial charge in [0.25, 0.3) is 5.91 Å². The molecule has 100 valence electrons. The van der Waals surface area contributed by atoms with Gasteiger partial charge < -0.3 is 10.7 Å². The van der Waals surface area contributed by atoms with E-state index in [1.54, 1.807) is 36.4 Å². The van der Waals surface area contributed by atoms with Gasteiger partial charge in [-0.25, -0.2) is 0 Å². The van der Waals surface area contributed by atoms with Gasteiger partial charge in [-0.1, -0.05) is 24.3 Å². The number of nitriles is 1. The molecule has 0 radical (unpaired) electrons. The Labute approximate surface area is 117 Å². The van der Waals surface area contributed by atoms with Crippen LogP contribution in [0.1, 0.15) is 15.9 Å².